The SMILES string of the molecule is Brc1cc(C2CC2)ccc1N1CCCCC1. The second-order valence-corrected chi connectivity index (χ2v) is 5.89. The molecule has 0 unspecified atom stereocenters. The number of piperidine rings is 1. The van der Waals surface area contributed by atoms with E-state index in [2.05, 4.69) is 39.0 Å². The minimum absolute atomic E-state index is 0.853. The van der Waals surface area contributed by atoms with E-state index in [0.717, 1.165) is 5.92 Å². The number of halogens is 1. The summed E-state index contributed by atoms with van der Waals surface area (Å²) >= 11 is 3.74. The molecule has 0 amide bonds. The molecule has 1 nitrogen and oxygen atoms in total. The van der Waals surface area contributed by atoms with Gasteiger partial charge >= 0.3 is 0 Å². The van der Waals surface area contributed by atoms with Crippen LogP contribution in [0, 0.1) is 0 Å². The van der Waals surface area contributed by atoms with Crippen molar-refractivity contribution in [2.75, 3.05) is 18.0 Å². The Morgan fingerprint density at radius 2 is 1.81 bits per heavy atom. The van der Waals surface area contributed by atoms with Crippen LogP contribution >= 0.6 is 15.9 Å². The fourth-order valence-corrected chi connectivity index (χ4v) is 3.23. The number of nitrogens with zero attached hydrogens (tertiary/aromatic N) is 1. The average molecular weight is 280 g/mol. The summed E-state index contributed by atoms with van der Waals surface area (Å²) in [6, 6.07) is 6.97. The third kappa shape index (κ3) is 2.13. The monoisotopic (exact) mass is 279 g/mol. The van der Waals surface area contributed by atoms with E-state index in [1.807, 2.05) is 0 Å². The summed E-state index contributed by atoms with van der Waals surface area (Å²) in [6.07, 6.45) is 6.85. The number of hydrogen-bond acceptors (Lipinski definition) is 1. The van der Waals surface area contributed by atoms with Gasteiger partial charge in [0.25, 0.3) is 0 Å². The minimum Gasteiger partial charge on any atom is -0.371 e. The summed E-state index contributed by atoms with van der Waals surface area (Å²) in [5.41, 5.74) is 2.91. The minimum atomic E-state index is 0.853. The largest absolute Gasteiger partial charge is 0.371 e. The second-order valence-electron chi connectivity index (χ2n) is 5.03. The quantitative estimate of drug-likeness (QED) is 0.780. The van der Waals surface area contributed by atoms with Crippen LogP contribution in [0.5, 0.6) is 0 Å². The maximum Gasteiger partial charge on any atom is 0.0510 e. The standard InChI is InChI=1S/C14H18BrN/c15-13-10-12(11-4-5-11)6-7-14(13)16-8-2-1-3-9-16/h6-7,10-11H,1-5,8-9H2. The molecular weight excluding hydrogens is 262 g/mol. The molecule has 1 heterocycles. The third-order valence-electron chi connectivity index (χ3n) is 3.72. The molecule has 2 fully saturated rings. The van der Waals surface area contributed by atoms with E-state index in [4.69, 9.17) is 0 Å². The van der Waals surface area contributed by atoms with Crippen molar-refractivity contribution in [2.24, 2.45) is 0 Å². The number of rotatable bonds is 2. The Morgan fingerprint density at radius 3 is 2.44 bits per heavy atom. The van der Waals surface area contributed by atoms with Crippen LogP contribution in [0.4, 0.5) is 5.69 Å². The summed E-state index contributed by atoms with van der Waals surface area (Å²) in [4.78, 5) is 2.52. The molecule has 2 heteroatoms. The lowest BCUT2D eigenvalue weighted by Gasteiger charge is -2.29. The molecule has 2 aliphatic rings. The van der Waals surface area contributed by atoms with Gasteiger partial charge in [-0.15, -0.1) is 0 Å². The molecule has 0 aromatic heterocycles. The molecule has 86 valence electrons. The van der Waals surface area contributed by atoms with Crippen molar-refractivity contribution in [3.63, 3.8) is 0 Å². The molecule has 3 rings (SSSR count). The molecule has 0 N–H and O–H groups in total. The summed E-state index contributed by atoms with van der Waals surface area (Å²) in [6.45, 7) is 2.45. The molecule has 1 saturated heterocycles. The van der Waals surface area contributed by atoms with Gasteiger partial charge in [-0.1, -0.05) is 6.07 Å². The van der Waals surface area contributed by atoms with Gasteiger partial charge in [0, 0.05) is 17.6 Å². The first-order chi connectivity index (χ1) is 7.84. The van der Waals surface area contributed by atoms with E-state index < -0.39 is 0 Å². The van der Waals surface area contributed by atoms with Crippen LogP contribution in [-0.2, 0) is 0 Å². The van der Waals surface area contributed by atoms with Crippen LogP contribution in [0.15, 0.2) is 22.7 Å². The molecule has 0 bridgehead atoms. The van der Waals surface area contributed by atoms with Gasteiger partial charge in [-0.25, -0.2) is 0 Å². The Hall–Kier alpha value is -0.500. The van der Waals surface area contributed by atoms with E-state index in [1.165, 1.54) is 60.9 Å². The lowest BCUT2D eigenvalue weighted by atomic mass is 10.1. The Labute approximate surface area is 106 Å². The molecule has 0 radical (unpaired) electrons. The van der Waals surface area contributed by atoms with Gasteiger partial charge < -0.3 is 4.90 Å². The zero-order valence-electron chi connectivity index (χ0n) is 9.58. The zero-order valence-corrected chi connectivity index (χ0v) is 11.2. The molecule has 0 spiro atoms. The third-order valence-corrected chi connectivity index (χ3v) is 4.35. The normalized spacial score (nSPS) is 21.2. The molecular formula is C14H18BrN. The van der Waals surface area contributed by atoms with Crippen LogP contribution < -0.4 is 4.90 Å². The Bertz CT molecular complexity index is 378. The molecule has 1 aliphatic heterocycles. The van der Waals surface area contributed by atoms with Crippen molar-refractivity contribution < 1.29 is 0 Å². The first-order valence-corrected chi connectivity index (χ1v) is 7.18. The zero-order chi connectivity index (χ0) is 11.0. The van der Waals surface area contributed by atoms with Crippen molar-refractivity contribution in [2.45, 2.75) is 38.0 Å². The predicted molar refractivity (Wildman–Crippen MR) is 72.2 cm³/mol. The highest BCUT2D eigenvalue weighted by molar-refractivity contribution is 9.10. The first-order valence-electron chi connectivity index (χ1n) is 6.39. The van der Waals surface area contributed by atoms with Gasteiger partial charge in [-0.05, 0) is 71.6 Å². The Balaban J connectivity index is 1.83. The summed E-state index contributed by atoms with van der Waals surface area (Å²) in [7, 11) is 0. The average Bonchev–Trinajstić information content (AvgIpc) is 3.14. The van der Waals surface area contributed by atoms with Crippen LogP contribution in [0.2, 0.25) is 0 Å². The van der Waals surface area contributed by atoms with Crippen molar-refractivity contribution in [3.8, 4) is 0 Å². The van der Waals surface area contributed by atoms with E-state index in [0.29, 0.717) is 0 Å². The molecule has 1 saturated carbocycles. The molecule has 16 heavy (non-hydrogen) atoms. The molecule has 1 aromatic carbocycles. The van der Waals surface area contributed by atoms with E-state index >= 15 is 0 Å². The second kappa shape index (κ2) is 4.40. The van der Waals surface area contributed by atoms with Gasteiger partial charge in [0.1, 0.15) is 0 Å². The maximum atomic E-state index is 3.74. The lowest BCUT2D eigenvalue weighted by Crippen LogP contribution is -2.29. The fourth-order valence-electron chi connectivity index (χ4n) is 2.59. The van der Waals surface area contributed by atoms with Crippen molar-refractivity contribution in [1.29, 1.82) is 0 Å². The van der Waals surface area contributed by atoms with Gasteiger partial charge in [-0.3, -0.25) is 0 Å². The fraction of sp³-hybridized carbons (Fsp3) is 0.571. The Morgan fingerprint density at radius 1 is 1.06 bits per heavy atom. The Kier molecular flexibility index (Phi) is 2.93. The van der Waals surface area contributed by atoms with E-state index in [9.17, 15) is 0 Å². The maximum absolute atomic E-state index is 3.74. The van der Waals surface area contributed by atoms with Gasteiger partial charge in [0.15, 0.2) is 0 Å². The van der Waals surface area contributed by atoms with Gasteiger partial charge in [0.2, 0.25) is 0 Å². The summed E-state index contributed by atoms with van der Waals surface area (Å²) < 4.78 is 1.29. The van der Waals surface area contributed by atoms with Crippen LogP contribution in [0.3, 0.4) is 0 Å². The van der Waals surface area contributed by atoms with Crippen LogP contribution in [0.25, 0.3) is 0 Å². The highest BCUT2D eigenvalue weighted by atomic mass is 79.9. The predicted octanol–water partition coefficient (Wildman–Crippen LogP) is 4.32. The van der Waals surface area contributed by atoms with Crippen LogP contribution in [0.1, 0.15) is 43.6 Å². The number of benzene rings is 1. The highest BCUT2D eigenvalue weighted by Crippen LogP contribution is 2.42. The highest BCUT2D eigenvalue weighted by Gasteiger charge is 2.24. The number of hydrogen-bond donors (Lipinski definition) is 0. The number of anilines is 1. The van der Waals surface area contributed by atoms with Gasteiger partial charge in [-0.2, -0.15) is 0 Å². The van der Waals surface area contributed by atoms with Crippen LogP contribution in [-0.4, -0.2) is 13.1 Å². The lowest BCUT2D eigenvalue weighted by molar-refractivity contribution is 0.577. The van der Waals surface area contributed by atoms with E-state index in [1.54, 1.807) is 0 Å². The summed E-state index contributed by atoms with van der Waals surface area (Å²) in [5.74, 6) is 0.853. The molecule has 1 aliphatic carbocycles. The van der Waals surface area contributed by atoms with Gasteiger partial charge in [0.05, 0.1) is 5.69 Å². The topological polar surface area (TPSA) is 3.24 Å². The summed E-state index contributed by atoms with van der Waals surface area (Å²) in [5, 5.41) is 0. The smallest absolute Gasteiger partial charge is 0.0510 e. The molecule has 0 atom stereocenters. The molecule has 1 aromatic rings. The van der Waals surface area contributed by atoms with E-state index in [-0.39, 0.29) is 0 Å². The first kappa shape index (κ1) is 10.6. The van der Waals surface area contributed by atoms with Crippen molar-refractivity contribution in [3.05, 3.63) is 28.2 Å². The van der Waals surface area contributed by atoms with Crippen molar-refractivity contribution in [1.82, 2.24) is 0 Å². The van der Waals surface area contributed by atoms with Crippen molar-refractivity contribution >= 4 is 21.6 Å².